The van der Waals surface area contributed by atoms with Gasteiger partial charge in [-0.2, -0.15) is 0 Å². The Morgan fingerprint density at radius 1 is 1.12 bits per heavy atom. The van der Waals surface area contributed by atoms with Crippen LogP contribution in [0.2, 0.25) is 0 Å². The predicted octanol–water partition coefficient (Wildman–Crippen LogP) is 2.41. The summed E-state index contributed by atoms with van der Waals surface area (Å²) >= 11 is 3.41. The third kappa shape index (κ3) is 2.65. The Kier molecular flexibility index (Phi) is 3.64. The molecule has 0 aliphatic rings. The number of halogens is 1. The third-order valence-electron chi connectivity index (χ3n) is 2.21. The highest BCUT2D eigenvalue weighted by molar-refractivity contribution is 9.10. The van der Waals surface area contributed by atoms with E-state index in [-0.39, 0.29) is 0 Å². The van der Waals surface area contributed by atoms with Gasteiger partial charge in [-0.25, -0.2) is 9.97 Å². The molecule has 0 atom stereocenters. The van der Waals surface area contributed by atoms with Crippen molar-refractivity contribution in [1.29, 1.82) is 0 Å². The number of rotatable bonds is 3. The lowest BCUT2D eigenvalue weighted by molar-refractivity contribution is 0.869. The van der Waals surface area contributed by atoms with Crippen LogP contribution in [0, 0.1) is 0 Å². The Morgan fingerprint density at radius 3 is 2.56 bits per heavy atom. The first-order valence-corrected chi connectivity index (χ1v) is 5.87. The van der Waals surface area contributed by atoms with E-state index in [4.69, 9.17) is 5.73 Å². The molecule has 0 spiro atoms. The van der Waals surface area contributed by atoms with Gasteiger partial charge < -0.3 is 5.73 Å². The van der Waals surface area contributed by atoms with Crippen LogP contribution in [0.5, 0.6) is 0 Å². The van der Waals surface area contributed by atoms with Crippen LogP contribution in [0.3, 0.4) is 0 Å². The first-order valence-electron chi connectivity index (χ1n) is 5.07. The van der Waals surface area contributed by atoms with Gasteiger partial charge >= 0.3 is 0 Å². The van der Waals surface area contributed by atoms with Crippen molar-refractivity contribution in [3.63, 3.8) is 0 Å². The Labute approximate surface area is 103 Å². The normalized spacial score (nSPS) is 10.4. The van der Waals surface area contributed by atoms with Gasteiger partial charge in [0.15, 0.2) is 0 Å². The first-order chi connectivity index (χ1) is 7.79. The van der Waals surface area contributed by atoms with Crippen LogP contribution >= 0.6 is 15.9 Å². The number of nitrogens with two attached hydrogens (primary N) is 1. The fourth-order valence-electron chi connectivity index (χ4n) is 1.43. The number of nitrogens with zero attached hydrogens (tertiary/aromatic N) is 2. The molecule has 0 radical (unpaired) electrons. The first kappa shape index (κ1) is 11.2. The van der Waals surface area contributed by atoms with E-state index >= 15 is 0 Å². The van der Waals surface area contributed by atoms with Crippen molar-refractivity contribution >= 4 is 15.9 Å². The molecular formula is C12H12BrN3. The molecule has 0 saturated heterocycles. The maximum atomic E-state index is 5.48. The molecule has 0 unspecified atom stereocenters. The molecule has 2 rings (SSSR count). The van der Waals surface area contributed by atoms with Crippen molar-refractivity contribution in [3.8, 4) is 11.3 Å². The van der Waals surface area contributed by atoms with E-state index in [1.54, 1.807) is 6.20 Å². The number of hydrogen-bond donors (Lipinski definition) is 1. The Balaban J connectivity index is 2.32. The van der Waals surface area contributed by atoms with Crippen molar-refractivity contribution in [3.05, 3.63) is 46.8 Å². The highest BCUT2D eigenvalue weighted by atomic mass is 79.9. The van der Waals surface area contributed by atoms with Gasteiger partial charge in [-0.15, -0.1) is 0 Å². The molecule has 1 aromatic heterocycles. The zero-order valence-corrected chi connectivity index (χ0v) is 10.3. The lowest BCUT2D eigenvalue weighted by Gasteiger charge is -2.03. The fourth-order valence-corrected chi connectivity index (χ4v) is 1.69. The van der Waals surface area contributed by atoms with E-state index in [0.29, 0.717) is 13.0 Å². The van der Waals surface area contributed by atoms with E-state index < -0.39 is 0 Å². The van der Waals surface area contributed by atoms with Crippen LogP contribution in [0.1, 0.15) is 5.82 Å². The van der Waals surface area contributed by atoms with Crippen LogP contribution in [-0.4, -0.2) is 16.5 Å². The molecule has 1 heterocycles. The fraction of sp³-hybridized carbons (Fsp3) is 0.167. The van der Waals surface area contributed by atoms with Crippen molar-refractivity contribution in [1.82, 2.24) is 9.97 Å². The maximum Gasteiger partial charge on any atom is 0.130 e. The second-order valence-electron chi connectivity index (χ2n) is 3.40. The number of benzene rings is 1. The van der Waals surface area contributed by atoms with Crippen molar-refractivity contribution in [2.45, 2.75) is 6.42 Å². The van der Waals surface area contributed by atoms with Crippen molar-refractivity contribution < 1.29 is 0 Å². The van der Waals surface area contributed by atoms with Crippen LogP contribution in [0.4, 0.5) is 0 Å². The molecule has 4 heteroatoms. The predicted molar refractivity (Wildman–Crippen MR) is 67.9 cm³/mol. The van der Waals surface area contributed by atoms with E-state index in [0.717, 1.165) is 21.6 Å². The summed E-state index contributed by atoms with van der Waals surface area (Å²) in [5.74, 6) is 0.794. The Hall–Kier alpha value is -1.26. The highest BCUT2D eigenvalue weighted by Gasteiger charge is 2.01. The molecule has 3 nitrogen and oxygen atoms in total. The van der Waals surface area contributed by atoms with E-state index in [9.17, 15) is 0 Å². The van der Waals surface area contributed by atoms with Crippen LogP contribution < -0.4 is 5.73 Å². The molecule has 0 amide bonds. The standard InChI is InChI=1S/C12H12BrN3/c13-10-3-1-9(2-4-10)11-6-8-15-12(16-11)5-7-14/h1-4,6,8H,5,7,14H2. The second kappa shape index (κ2) is 5.18. The van der Waals surface area contributed by atoms with Gasteiger partial charge in [0.2, 0.25) is 0 Å². The highest BCUT2D eigenvalue weighted by Crippen LogP contribution is 2.19. The SMILES string of the molecule is NCCc1nccc(-c2ccc(Br)cc2)n1. The molecular weight excluding hydrogens is 266 g/mol. The monoisotopic (exact) mass is 277 g/mol. The third-order valence-corrected chi connectivity index (χ3v) is 2.74. The largest absolute Gasteiger partial charge is 0.330 e. The quantitative estimate of drug-likeness (QED) is 0.938. The van der Waals surface area contributed by atoms with Gasteiger partial charge in [-0.1, -0.05) is 28.1 Å². The van der Waals surface area contributed by atoms with Gasteiger partial charge in [0.1, 0.15) is 5.82 Å². The molecule has 82 valence electrons. The van der Waals surface area contributed by atoms with Gasteiger partial charge in [0.05, 0.1) is 5.69 Å². The molecule has 2 N–H and O–H groups in total. The summed E-state index contributed by atoms with van der Waals surface area (Å²) < 4.78 is 1.06. The number of hydrogen-bond acceptors (Lipinski definition) is 3. The average molecular weight is 278 g/mol. The second-order valence-corrected chi connectivity index (χ2v) is 4.32. The molecule has 0 fully saturated rings. The van der Waals surface area contributed by atoms with Crippen molar-refractivity contribution in [2.75, 3.05) is 6.54 Å². The molecule has 1 aromatic carbocycles. The molecule has 0 aliphatic heterocycles. The van der Waals surface area contributed by atoms with Crippen LogP contribution in [0.15, 0.2) is 41.0 Å². The van der Waals surface area contributed by atoms with Gasteiger partial charge in [-0.05, 0) is 24.7 Å². The average Bonchev–Trinajstić information content (AvgIpc) is 2.31. The summed E-state index contributed by atoms with van der Waals surface area (Å²) in [5, 5.41) is 0. The molecule has 2 aromatic rings. The summed E-state index contributed by atoms with van der Waals surface area (Å²) in [4.78, 5) is 8.63. The van der Waals surface area contributed by atoms with Gasteiger partial charge in [0.25, 0.3) is 0 Å². The van der Waals surface area contributed by atoms with Crippen molar-refractivity contribution in [2.24, 2.45) is 5.73 Å². The summed E-state index contributed by atoms with van der Waals surface area (Å²) in [6.07, 6.45) is 2.49. The smallest absolute Gasteiger partial charge is 0.130 e. The summed E-state index contributed by atoms with van der Waals surface area (Å²) in [5.41, 5.74) is 7.51. The molecule has 0 saturated carbocycles. The number of aromatic nitrogens is 2. The zero-order valence-electron chi connectivity index (χ0n) is 8.73. The maximum absolute atomic E-state index is 5.48. The van der Waals surface area contributed by atoms with E-state index in [1.807, 2.05) is 30.3 Å². The lowest BCUT2D eigenvalue weighted by atomic mass is 10.1. The minimum atomic E-state index is 0.573. The minimum absolute atomic E-state index is 0.573. The molecule has 0 aliphatic carbocycles. The van der Waals surface area contributed by atoms with E-state index in [2.05, 4.69) is 25.9 Å². The van der Waals surface area contributed by atoms with Gasteiger partial charge in [-0.3, -0.25) is 0 Å². The molecule has 0 bridgehead atoms. The summed E-state index contributed by atoms with van der Waals surface area (Å²) in [6.45, 7) is 0.573. The van der Waals surface area contributed by atoms with Crippen LogP contribution in [0.25, 0.3) is 11.3 Å². The summed E-state index contributed by atoms with van der Waals surface area (Å²) in [6, 6.07) is 9.96. The molecule has 16 heavy (non-hydrogen) atoms. The van der Waals surface area contributed by atoms with Gasteiger partial charge in [0, 0.05) is 22.7 Å². The topological polar surface area (TPSA) is 51.8 Å². The minimum Gasteiger partial charge on any atom is -0.330 e. The Morgan fingerprint density at radius 2 is 1.88 bits per heavy atom. The zero-order chi connectivity index (χ0) is 11.4. The summed E-state index contributed by atoms with van der Waals surface area (Å²) in [7, 11) is 0. The Bertz CT molecular complexity index is 468. The van der Waals surface area contributed by atoms with Crippen LogP contribution in [-0.2, 0) is 6.42 Å². The lowest BCUT2D eigenvalue weighted by Crippen LogP contribution is -2.06. The van der Waals surface area contributed by atoms with E-state index in [1.165, 1.54) is 0 Å².